The summed E-state index contributed by atoms with van der Waals surface area (Å²) in [6.07, 6.45) is -1.92. The fourth-order valence-electron chi connectivity index (χ4n) is 2.95. The van der Waals surface area contributed by atoms with Crippen LogP contribution in [0.4, 0.5) is 13.6 Å². The Kier molecular flexibility index (Phi) is 5.25. The number of alkyl halides is 2. The Morgan fingerprint density at radius 1 is 1.23 bits per heavy atom. The van der Waals surface area contributed by atoms with Crippen LogP contribution in [0.25, 0.3) is 5.69 Å². The number of hydrogen-bond donors (Lipinski definition) is 0. The molecule has 3 aromatic rings. The third-order valence-electron chi connectivity index (χ3n) is 4.26. The fraction of sp³-hybridized carbons (Fsp3) is 0.200. The molecule has 2 amide bonds. The van der Waals surface area contributed by atoms with Gasteiger partial charge in [-0.05, 0) is 36.8 Å². The van der Waals surface area contributed by atoms with Crippen LogP contribution in [0.15, 0.2) is 53.7 Å². The van der Waals surface area contributed by atoms with Gasteiger partial charge in [0, 0.05) is 35.8 Å². The lowest BCUT2D eigenvalue weighted by molar-refractivity contribution is -0.286. The van der Waals surface area contributed by atoms with Crippen molar-refractivity contribution in [1.29, 1.82) is 0 Å². The number of halogens is 3. The molecular weight excluding hydrogens is 436 g/mol. The number of fused-ring (bicyclic) bond motifs is 1. The van der Waals surface area contributed by atoms with Gasteiger partial charge in [-0.3, -0.25) is 4.57 Å². The van der Waals surface area contributed by atoms with Crippen LogP contribution in [0.5, 0.6) is 11.5 Å². The van der Waals surface area contributed by atoms with Gasteiger partial charge in [0.05, 0.1) is 5.69 Å². The number of amides is 2. The van der Waals surface area contributed by atoms with Gasteiger partial charge in [-0.25, -0.2) is 4.79 Å². The highest BCUT2D eigenvalue weighted by atomic mass is 35.5. The van der Waals surface area contributed by atoms with E-state index >= 15 is 0 Å². The average Bonchev–Trinajstić information content (AvgIpc) is 3.18. The first-order chi connectivity index (χ1) is 14.2. The molecule has 0 fully saturated rings. The molecule has 0 atom stereocenters. The van der Waals surface area contributed by atoms with Crippen molar-refractivity contribution in [1.82, 2.24) is 9.47 Å². The number of urea groups is 1. The molecule has 4 rings (SSSR count). The van der Waals surface area contributed by atoms with Gasteiger partial charge in [0.15, 0.2) is 16.3 Å². The predicted molar refractivity (Wildman–Crippen MR) is 108 cm³/mol. The zero-order valence-electron chi connectivity index (χ0n) is 15.9. The van der Waals surface area contributed by atoms with Gasteiger partial charge in [0.1, 0.15) is 0 Å². The Morgan fingerprint density at radius 3 is 2.77 bits per heavy atom. The molecule has 1 aromatic heterocycles. The second kappa shape index (κ2) is 7.73. The molecule has 2 aromatic carbocycles. The molecule has 0 aliphatic carbocycles. The molecule has 1 aliphatic heterocycles. The van der Waals surface area contributed by atoms with Crippen molar-refractivity contribution in [2.45, 2.75) is 19.8 Å². The summed E-state index contributed by atoms with van der Waals surface area (Å²) in [6, 6.07) is 11.2. The molecule has 10 heteroatoms. The normalized spacial score (nSPS) is 14.8. The number of rotatable bonds is 3. The summed E-state index contributed by atoms with van der Waals surface area (Å²) in [5, 5.41) is 0.588. The highest BCUT2D eigenvalue weighted by Crippen LogP contribution is 2.41. The predicted octanol–water partition coefficient (Wildman–Crippen LogP) is 4.97. The number of aryl methyl sites for hydroxylation is 1. The summed E-state index contributed by atoms with van der Waals surface area (Å²) in [7, 11) is 1.64. The molecule has 0 N–H and O–H groups in total. The van der Waals surface area contributed by atoms with Crippen molar-refractivity contribution in [3.63, 3.8) is 0 Å². The van der Waals surface area contributed by atoms with Crippen LogP contribution in [0, 0.1) is 6.92 Å². The number of benzene rings is 2. The third-order valence-corrected chi connectivity index (χ3v) is 5.39. The standard InChI is InChI=1S/C20H16ClF2N3O3S/c1-12-10-26(15-6-7-16-17(9-15)29-20(22,23)28-16)19(30-12)24-18(27)25(2)11-13-4-3-5-14(21)8-13/h3-10H,11H2,1-2H3/b24-19-. The number of aromatic nitrogens is 1. The lowest BCUT2D eigenvalue weighted by Crippen LogP contribution is -2.26. The van der Waals surface area contributed by atoms with E-state index in [1.807, 2.05) is 19.1 Å². The van der Waals surface area contributed by atoms with Gasteiger partial charge in [0.2, 0.25) is 0 Å². The Balaban J connectivity index is 1.62. The summed E-state index contributed by atoms with van der Waals surface area (Å²) in [5.41, 5.74) is 1.39. The van der Waals surface area contributed by atoms with Gasteiger partial charge in [0.25, 0.3) is 0 Å². The topological polar surface area (TPSA) is 56.1 Å². The van der Waals surface area contributed by atoms with Crippen LogP contribution in [-0.4, -0.2) is 28.8 Å². The minimum Gasteiger partial charge on any atom is -0.395 e. The van der Waals surface area contributed by atoms with E-state index < -0.39 is 12.3 Å². The van der Waals surface area contributed by atoms with E-state index in [4.69, 9.17) is 11.6 Å². The minimum absolute atomic E-state index is 0.0490. The van der Waals surface area contributed by atoms with Gasteiger partial charge < -0.3 is 14.4 Å². The highest BCUT2D eigenvalue weighted by Gasteiger charge is 2.43. The summed E-state index contributed by atoms with van der Waals surface area (Å²) < 4.78 is 37.2. The van der Waals surface area contributed by atoms with Crippen molar-refractivity contribution in [2.75, 3.05) is 7.05 Å². The highest BCUT2D eigenvalue weighted by molar-refractivity contribution is 7.09. The third kappa shape index (κ3) is 4.31. The molecule has 0 unspecified atom stereocenters. The largest absolute Gasteiger partial charge is 0.586 e. The first-order valence-corrected chi connectivity index (χ1v) is 10.0. The van der Waals surface area contributed by atoms with Crippen molar-refractivity contribution >= 4 is 29.0 Å². The summed E-state index contributed by atoms with van der Waals surface area (Å²) in [4.78, 5) is 19.6. The molecule has 0 bridgehead atoms. The van der Waals surface area contributed by atoms with E-state index in [0.29, 0.717) is 22.1 Å². The number of carbonyl (C=O) groups excluding carboxylic acids is 1. The maximum atomic E-state index is 13.3. The first kappa shape index (κ1) is 20.4. The number of thiazole rings is 1. The summed E-state index contributed by atoms with van der Waals surface area (Å²) in [5.74, 6) is -0.128. The Bertz CT molecular complexity index is 1190. The van der Waals surface area contributed by atoms with E-state index in [2.05, 4.69) is 14.5 Å². The molecule has 156 valence electrons. The second-order valence-electron chi connectivity index (χ2n) is 6.67. The fourth-order valence-corrected chi connectivity index (χ4v) is 3.99. The van der Waals surface area contributed by atoms with E-state index in [1.165, 1.54) is 28.4 Å². The van der Waals surface area contributed by atoms with Crippen LogP contribution in [0.2, 0.25) is 5.02 Å². The summed E-state index contributed by atoms with van der Waals surface area (Å²) >= 11 is 7.30. The maximum absolute atomic E-state index is 13.3. The van der Waals surface area contributed by atoms with E-state index in [1.54, 1.807) is 36.0 Å². The number of carbonyl (C=O) groups is 1. The van der Waals surface area contributed by atoms with Gasteiger partial charge >= 0.3 is 12.3 Å². The van der Waals surface area contributed by atoms with Crippen molar-refractivity contribution < 1.29 is 23.0 Å². The molecule has 0 saturated heterocycles. The van der Waals surface area contributed by atoms with E-state index in [0.717, 1.165) is 10.4 Å². The monoisotopic (exact) mass is 451 g/mol. The van der Waals surface area contributed by atoms with Crippen molar-refractivity contribution in [2.24, 2.45) is 4.99 Å². The van der Waals surface area contributed by atoms with Crippen LogP contribution >= 0.6 is 22.9 Å². The summed E-state index contributed by atoms with van der Waals surface area (Å²) in [6.45, 7) is 2.20. The second-order valence-corrected chi connectivity index (χ2v) is 8.32. The Hall–Kier alpha value is -2.91. The Morgan fingerprint density at radius 2 is 2.00 bits per heavy atom. The Labute approximate surface area is 179 Å². The number of nitrogens with zero attached hydrogens (tertiary/aromatic N) is 3. The zero-order chi connectivity index (χ0) is 21.5. The number of hydrogen-bond acceptors (Lipinski definition) is 4. The average molecular weight is 452 g/mol. The van der Waals surface area contributed by atoms with E-state index in [-0.39, 0.29) is 11.5 Å². The molecule has 0 radical (unpaired) electrons. The van der Waals surface area contributed by atoms with Crippen LogP contribution in [0.1, 0.15) is 10.4 Å². The van der Waals surface area contributed by atoms with Gasteiger partial charge in [-0.1, -0.05) is 23.7 Å². The minimum atomic E-state index is -3.69. The van der Waals surface area contributed by atoms with Gasteiger partial charge in [-0.2, -0.15) is 4.99 Å². The molecule has 1 aliphatic rings. The lowest BCUT2D eigenvalue weighted by atomic mass is 10.2. The lowest BCUT2D eigenvalue weighted by Gasteiger charge is -2.14. The van der Waals surface area contributed by atoms with Crippen LogP contribution in [-0.2, 0) is 6.54 Å². The zero-order valence-corrected chi connectivity index (χ0v) is 17.5. The maximum Gasteiger partial charge on any atom is 0.586 e. The molecule has 0 spiro atoms. The smallest absolute Gasteiger partial charge is 0.395 e. The molecule has 2 heterocycles. The van der Waals surface area contributed by atoms with Crippen molar-refractivity contribution in [3.05, 3.63) is 68.9 Å². The molecule has 30 heavy (non-hydrogen) atoms. The number of ether oxygens (including phenoxy) is 2. The SMILES string of the molecule is Cc1cn(-c2ccc3c(c2)OC(F)(F)O3)/c(=N/C(=O)N(C)Cc2cccc(Cl)c2)s1. The first-order valence-electron chi connectivity index (χ1n) is 8.84. The van der Waals surface area contributed by atoms with Crippen LogP contribution in [0.3, 0.4) is 0 Å². The quantitative estimate of drug-likeness (QED) is 0.564. The van der Waals surface area contributed by atoms with Crippen LogP contribution < -0.4 is 14.3 Å². The van der Waals surface area contributed by atoms with Gasteiger partial charge in [-0.15, -0.1) is 20.1 Å². The van der Waals surface area contributed by atoms with E-state index in [9.17, 15) is 13.6 Å². The molecular formula is C20H16ClF2N3O3S. The molecule has 6 nitrogen and oxygen atoms in total. The van der Waals surface area contributed by atoms with Crippen molar-refractivity contribution in [3.8, 4) is 17.2 Å². The molecule has 0 saturated carbocycles.